The highest BCUT2D eigenvalue weighted by Crippen LogP contribution is 2.44. The van der Waals surface area contributed by atoms with Gasteiger partial charge in [0.25, 0.3) is 0 Å². The number of carbonyl (C=O) groups is 2. The molecule has 1 aliphatic rings. The number of fused-ring (bicyclic) bond motifs is 3. The zero-order valence-electron chi connectivity index (χ0n) is 18.9. The lowest BCUT2D eigenvalue weighted by atomic mass is 10.0. The summed E-state index contributed by atoms with van der Waals surface area (Å²) in [6.07, 6.45) is 2.85. The Labute approximate surface area is 198 Å². The van der Waals surface area contributed by atoms with E-state index in [1.807, 2.05) is 24.3 Å². The van der Waals surface area contributed by atoms with E-state index in [0.717, 1.165) is 34.9 Å². The lowest BCUT2D eigenvalue weighted by molar-refractivity contribution is -0.143. The van der Waals surface area contributed by atoms with Crippen LogP contribution >= 0.6 is 11.6 Å². The molecule has 0 spiro atoms. The van der Waals surface area contributed by atoms with Gasteiger partial charge in [0.05, 0.1) is 23.4 Å². The van der Waals surface area contributed by atoms with Crippen molar-refractivity contribution in [3.05, 3.63) is 63.8 Å². The van der Waals surface area contributed by atoms with E-state index in [-0.39, 0.29) is 29.0 Å². The molecule has 6 nitrogen and oxygen atoms in total. The van der Waals surface area contributed by atoms with Crippen molar-refractivity contribution in [3.8, 4) is 0 Å². The van der Waals surface area contributed by atoms with Gasteiger partial charge in [-0.25, -0.2) is 8.42 Å². The first-order valence-electron chi connectivity index (χ1n) is 10.9. The smallest absolute Gasteiger partial charge is 0.306 e. The highest BCUT2D eigenvalue weighted by Gasteiger charge is 2.33. The number of Topliss-reactive ketones (excluding diaryl/α,β-unsaturated/α-hetero) is 1. The summed E-state index contributed by atoms with van der Waals surface area (Å²) in [5.74, 6) is -0.538. The summed E-state index contributed by atoms with van der Waals surface area (Å²) >= 11 is 6.06. The number of ketones is 1. The van der Waals surface area contributed by atoms with E-state index >= 15 is 0 Å². The highest BCUT2D eigenvalue weighted by atomic mass is 35.5. The minimum Gasteiger partial charge on any atom is -0.466 e. The van der Waals surface area contributed by atoms with Crippen LogP contribution in [0.3, 0.4) is 0 Å². The summed E-state index contributed by atoms with van der Waals surface area (Å²) in [4.78, 5) is 25.1. The number of benzene rings is 2. The lowest BCUT2D eigenvalue weighted by Crippen LogP contribution is -2.14. The van der Waals surface area contributed by atoms with Crippen LogP contribution in [0, 0.1) is 0 Å². The molecule has 0 aliphatic heterocycles. The van der Waals surface area contributed by atoms with Gasteiger partial charge in [0.2, 0.25) is 0 Å². The van der Waals surface area contributed by atoms with E-state index < -0.39 is 9.84 Å². The first-order chi connectivity index (χ1) is 15.6. The van der Waals surface area contributed by atoms with Crippen molar-refractivity contribution in [2.75, 3.05) is 12.9 Å². The molecule has 33 heavy (non-hydrogen) atoms. The maximum atomic E-state index is 12.7. The molecule has 1 heterocycles. The predicted molar refractivity (Wildman–Crippen MR) is 128 cm³/mol. The molecule has 1 atom stereocenters. The summed E-state index contributed by atoms with van der Waals surface area (Å²) in [5.41, 5.74) is 4.04. The molecule has 0 saturated heterocycles. The fourth-order valence-electron chi connectivity index (χ4n) is 4.77. The topological polar surface area (TPSA) is 82.4 Å². The van der Waals surface area contributed by atoms with Crippen LogP contribution in [-0.2, 0) is 32.3 Å². The van der Waals surface area contributed by atoms with Crippen LogP contribution in [0.2, 0.25) is 5.02 Å². The Morgan fingerprint density at radius 1 is 1.18 bits per heavy atom. The van der Waals surface area contributed by atoms with Gasteiger partial charge in [0.1, 0.15) is 0 Å². The first kappa shape index (κ1) is 23.5. The van der Waals surface area contributed by atoms with Crippen molar-refractivity contribution < 1.29 is 22.7 Å². The summed E-state index contributed by atoms with van der Waals surface area (Å²) < 4.78 is 32.0. The number of ether oxygens (including phenoxy) is 1. The molecule has 1 aliphatic carbocycles. The van der Waals surface area contributed by atoms with Crippen LogP contribution in [0.15, 0.2) is 41.3 Å². The summed E-state index contributed by atoms with van der Waals surface area (Å²) in [6, 6.07) is 10.6. The largest absolute Gasteiger partial charge is 0.466 e. The maximum absolute atomic E-state index is 12.7. The molecule has 3 aromatic rings. The van der Waals surface area contributed by atoms with E-state index in [2.05, 4.69) is 4.57 Å². The van der Waals surface area contributed by atoms with Crippen LogP contribution in [0.1, 0.15) is 59.8 Å². The minimum atomic E-state index is -3.51. The molecule has 4 rings (SSSR count). The van der Waals surface area contributed by atoms with Crippen LogP contribution in [0.25, 0.3) is 10.9 Å². The molecule has 0 fully saturated rings. The van der Waals surface area contributed by atoms with E-state index in [0.29, 0.717) is 35.7 Å². The van der Waals surface area contributed by atoms with Crippen molar-refractivity contribution in [1.82, 2.24) is 4.57 Å². The van der Waals surface area contributed by atoms with Crippen molar-refractivity contribution in [2.24, 2.45) is 0 Å². The number of halogens is 1. The molecular weight excluding hydrogens is 462 g/mol. The van der Waals surface area contributed by atoms with Crippen molar-refractivity contribution >= 4 is 44.1 Å². The van der Waals surface area contributed by atoms with Gasteiger partial charge in [-0.3, -0.25) is 9.59 Å². The molecule has 0 saturated carbocycles. The second-order valence-electron chi connectivity index (χ2n) is 8.52. The molecule has 8 heteroatoms. The van der Waals surface area contributed by atoms with Crippen LogP contribution in [0.5, 0.6) is 0 Å². The Kier molecular flexibility index (Phi) is 6.38. The Morgan fingerprint density at radius 3 is 2.48 bits per heavy atom. The maximum Gasteiger partial charge on any atom is 0.306 e. The SMILES string of the molecule is CCOC(=O)CC1CCc2c1n(Cc1ccc(Cl)cc1)c1c(C(C)=O)cc(S(C)(=O)=O)cc21. The molecular formula is C25H26ClNO5S. The summed E-state index contributed by atoms with van der Waals surface area (Å²) in [6.45, 7) is 4.02. The third-order valence-corrected chi connectivity index (χ3v) is 7.53. The average molecular weight is 488 g/mol. The fourth-order valence-corrected chi connectivity index (χ4v) is 5.56. The van der Waals surface area contributed by atoms with E-state index in [4.69, 9.17) is 16.3 Å². The monoisotopic (exact) mass is 487 g/mol. The van der Waals surface area contributed by atoms with Gasteiger partial charge in [0, 0.05) is 40.4 Å². The number of hydrogen-bond donors (Lipinski definition) is 0. The van der Waals surface area contributed by atoms with Gasteiger partial charge in [-0.05, 0) is 62.1 Å². The Balaban J connectivity index is 1.98. The highest BCUT2D eigenvalue weighted by molar-refractivity contribution is 7.90. The molecule has 174 valence electrons. The Hall–Kier alpha value is -2.64. The third-order valence-electron chi connectivity index (χ3n) is 6.19. The Bertz CT molecular complexity index is 1360. The minimum absolute atomic E-state index is 0.0692. The molecule has 0 bridgehead atoms. The van der Waals surface area contributed by atoms with Crippen LogP contribution in [-0.4, -0.2) is 37.6 Å². The van der Waals surface area contributed by atoms with Gasteiger partial charge < -0.3 is 9.30 Å². The van der Waals surface area contributed by atoms with Gasteiger partial charge in [-0.15, -0.1) is 0 Å². The standard InChI is InChI=1S/C25H26ClNO5S/c1-4-32-23(29)11-17-7-10-20-22-13-19(33(3,30)31)12-21(15(2)28)25(22)27(24(17)20)14-16-5-8-18(26)9-6-16/h5-6,8-9,12-13,17H,4,7,10-11,14H2,1-3H3. The number of aryl methyl sites for hydroxylation is 1. The number of aromatic nitrogens is 1. The zero-order valence-corrected chi connectivity index (χ0v) is 20.4. The van der Waals surface area contributed by atoms with Crippen molar-refractivity contribution in [3.63, 3.8) is 0 Å². The number of hydrogen-bond acceptors (Lipinski definition) is 5. The molecule has 0 radical (unpaired) electrons. The average Bonchev–Trinajstić information content (AvgIpc) is 3.28. The van der Waals surface area contributed by atoms with E-state index in [1.165, 1.54) is 13.0 Å². The van der Waals surface area contributed by atoms with Gasteiger partial charge in [-0.1, -0.05) is 23.7 Å². The second kappa shape index (κ2) is 8.95. The predicted octanol–water partition coefficient (Wildman–Crippen LogP) is 4.93. The van der Waals surface area contributed by atoms with E-state index in [1.54, 1.807) is 13.0 Å². The normalized spacial score (nSPS) is 15.6. The number of carbonyl (C=O) groups excluding carboxylic acids is 2. The molecule has 1 aromatic heterocycles. The third kappa shape index (κ3) is 4.57. The molecule has 0 N–H and O–H groups in total. The first-order valence-corrected chi connectivity index (χ1v) is 13.2. The quantitative estimate of drug-likeness (QED) is 0.348. The number of rotatable bonds is 7. The van der Waals surface area contributed by atoms with Gasteiger partial charge >= 0.3 is 5.97 Å². The van der Waals surface area contributed by atoms with Gasteiger partial charge in [0.15, 0.2) is 15.6 Å². The molecule has 0 amide bonds. The van der Waals surface area contributed by atoms with Crippen LogP contribution in [0.4, 0.5) is 0 Å². The van der Waals surface area contributed by atoms with E-state index in [9.17, 15) is 18.0 Å². The lowest BCUT2D eigenvalue weighted by Gasteiger charge is -2.18. The van der Waals surface area contributed by atoms with Gasteiger partial charge in [-0.2, -0.15) is 0 Å². The Morgan fingerprint density at radius 2 is 1.88 bits per heavy atom. The number of sulfone groups is 1. The van der Waals surface area contributed by atoms with Crippen LogP contribution < -0.4 is 0 Å². The summed E-state index contributed by atoms with van der Waals surface area (Å²) in [5, 5.41) is 1.39. The number of esters is 1. The van der Waals surface area contributed by atoms with Crippen molar-refractivity contribution in [1.29, 1.82) is 0 Å². The van der Waals surface area contributed by atoms with Crippen molar-refractivity contribution in [2.45, 2.75) is 50.5 Å². The number of nitrogens with zero attached hydrogens (tertiary/aromatic N) is 1. The fraction of sp³-hybridized carbons (Fsp3) is 0.360. The molecule has 1 unspecified atom stereocenters. The second-order valence-corrected chi connectivity index (χ2v) is 11.0. The zero-order chi connectivity index (χ0) is 23.9. The summed E-state index contributed by atoms with van der Waals surface area (Å²) in [7, 11) is -3.51. The molecule has 2 aromatic carbocycles.